The van der Waals surface area contributed by atoms with Gasteiger partial charge in [0, 0.05) is 5.56 Å². The van der Waals surface area contributed by atoms with E-state index >= 15 is 0 Å². The highest BCUT2D eigenvalue weighted by atomic mass is 16.5. The summed E-state index contributed by atoms with van der Waals surface area (Å²) < 4.78 is 9.97. The average molecular weight is 427 g/mol. The van der Waals surface area contributed by atoms with E-state index in [2.05, 4.69) is 36.6 Å². The number of carbonyl (C=O) groups is 3. The van der Waals surface area contributed by atoms with E-state index in [-0.39, 0.29) is 12.6 Å². The molecular weight excluding hydrogens is 396 g/mol. The first-order valence-corrected chi connectivity index (χ1v) is 10.2. The van der Waals surface area contributed by atoms with Gasteiger partial charge in [0.1, 0.15) is 12.3 Å². The lowest BCUT2D eigenvalue weighted by atomic mass is 10.00. The molecule has 166 valence electrons. The number of nitrogens with one attached hydrogen (secondary N) is 2. The van der Waals surface area contributed by atoms with Gasteiger partial charge in [-0.25, -0.2) is 0 Å². The Bertz CT molecular complexity index is 876. The molecule has 0 aliphatic carbocycles. The molecule has 2 N–H and O–H groups in total. The molecule has 2 aromatic carbocycles. The molecule has 0 unspecified atom stereocenters. The number of methoxy groups -OCH3 is 1. The molecule has 7 nitrogen and oxygen atoms in total. The summed E-state index contributed by atoms with van der Waals surface area (Å²) in [6, 6.07) is 14.4. The molecule has 0 saturated carbocycles. The van der Waals surface area contributed by atoms with Crippen molar-refractivity contribution in [3.63, 3.8) is 0 Å². The van der Waals surface area contributed by atoms with E-state index in [1.54, 1.807) is 24.3 Å². The molecule has 1 atom stereocenters. The van der Waals surface area contributed by atoms with Crippen LogP contribution in [0.25, 0.3) is 0 Å². The summed E-state index contributed by atoms with van der Waals surface area (Å²) in [5.74, 6) is -0.309. The van der Waals surface area contributed by atoms with E-state index in [0.29, 0.717) is 17.2 Å². The maximum atomic E-state index is 12.1. The van der Waals surface area contributed by atoms with Crippen LogP contribution in [0.2, 0.25) is 0 Å². The van der Waals surface area contributed by atoms with Crippen LogP contribution in [-0.2, 0) is 20.7 Å². The first-order valence-electron chi connectivity index (χ1n) is 10.2. The number of carbonyl (C=O) groups excluding carboxylic acids is 3. The van der Waals surface area contributed by atoms with Crippen LogP contribution in [-0.4, -0.2) is 38.0 Å². The van der Waals surface area contributed by atoms with Crippen molar-refractivity contribution in [1.82, 2.24) is 10.6 Å². The minimum Gasteiger partial charge on any atom is -0.497 e. The second-order valence-corrected chi connectivity index (χ2v) is 7.70. The summed E-state index contributed by atoms with van der Waals surface area (Å²) in [6.45, 7) is 5.47. The molecule has 0 heterocycles. The first-order chi connectivity index (χ1) is 14.8. The van der Waals surface area contributed by atoms with Crippen LogP contribution in [0.15, 0.2) is 48.5 Å². The Morgan fingerprint density at radius 2 is 1.58 bits per heavy atom. The second-order valence-electron chi connectivity index (χ2n) is 7.70. The van der Waals surface area contributed by atoms with Crippen LogP contribution in [0.5, 0.6) is 5.75 Å². The zero-order valence-electron chi connectivity index (χ0n) is 18.4. The zero-order chi connectivity index (χ0) is 22.8. The predicted molar refractivity (Wildman–Crippen MR) is 118 cm³/mol. The molecule has 0 fully saturated rings. The van der Waals surface area contributed by atoms with Crippen molar-refractivity contribution in [2.45, 2.75) is 33.2 Å². The molecule has 2 rings (SSSR count). The smallest absolute Gasteiger partial charge is 0.325 e. The van der Waals surface area contributed by atoms with Gasteiger partial charge in [0.05, 0.1) is 13.2 Å². The van der Waals surface area contributed by atoms with E-state index < -0.39 is 24.4 Å². The van der Waals surface area contributed by atoms with Crippen LogP contribution in [0.1, 0.15) is 48.3 Å². The lowest BCUT2D eigenvalue weighted by Crippen LogP contribution is -2.34. The van der Waals surface area contributed by atoms with Crippen LogP contribution in [0.4, 0.5) is 0 Å². The Labute approximate surface area is 183 Å². The van der Waals surface area contributed by atoms with E-state index in [0.717, 1.165) is 12.0 Å². The van der Waals surface area contributed by atoms with E-state index in [1.807, 2.05) is 19.1 Å². The molecular formula is C24H30N2O5. The van der Waals surface area contributed by atoms with Crippen molar-refractivity contribution >= 4 is 17.8 Å². The first kappa shape index (κ1) is 23.9. The average Bonchev–Trinajstić information content (AvgIpc) is 2.76. The summed E-state index contributed by atoms with van der Waals surface area (Å²) in [5, 5.41) is 5.26. The number of amides is 2. The molecule has 31 heavy (non-hydrogen) atoms. The Morgan fingerprint density at radius 3 is 2.16 bits per heavy atom. The van der Waals surface area contributed by atoms with E-state index in [1.165, 1.54) is 12.7 Å². The van der Waals surface area contributed by atoms with Crippen LogP contribution in [0, 0.1) is 5.92 Å². The zero-order valence-corrected chi connectivity index (χ0v) is 18.4. The highest BCUT2D eigenvalue weighted by Gasteiger charge is 2.13. The van der Waals surface area contributed by atoms with Crippen LogP contribution < -0.4 is 15.4 Å². The van der Waals surface area contributed by atoms with Crippen molar-refractivity contribution < 1.29 is 23.9 Å². The van der Waals surface area contributed by atoms with Gasteiger partial charge in [-0.2, -0.15) is 0 Å². The van der Waals surface area contributed by atoms with Gasteiger partial charge in [0.25, 0.3) is 11.8 Å². The molecule has 0 aromatic heterocycles. The Balaban J connectivity index is 1.72. The molecule has 0 aliphatic rings. The standard InChI is InChI=1S/C24H30N2O5/c1-16(2)13-18-5-7-19(8-6-18)17(3)26-22(27)15-31-23(28)14-25-24(29)20-9-11-21(30-4)12-10-20/h5-12,16-17H,13-15H2,1-4H3,(H,25,29)(H,26,27)/t17-/m0/s1. The number of rotatable bonds is 10. The van der Waals surface area contributed by atoms with Gasteiger partial charge in [0.15, 0.2) is 6.61 Å². The van der Waals surface area contributed by atoms with Crippen molar-refractivity contribution in [2.24, 2.45) is 5.92 Å². The lowest BCUT2D eigenvalue weighted by Gasteiger charge is -2.15. The predicted octanol–water partition coefficient (Wildman–Crippen LogP) is 3.04. The highest BCUT2D eigenvalue weighted by molar-refractivity contribution is 5.96. The second kappa shape index (κ2) is 11.7. The molecule has 0 saturated heterocycles. The third-order valence-corrected chi connectivity index (χ3v) is 4.61. The number of ether oxygens (including phenoxy) is 2. The molecule has 2 amide bonds. The molecule has 0 bridgehead atoms. The van der Waals surface area contributed by atoms with Crippen LogP contribution >= 0.6 is 0 Å². The van der Waals surface area contributed by atoms with E-state index in [9.17, 15) is 14.4 Å². The minimum atomic E-state index is -0.692. The molecule has 2 aromatic rings. The molecule has 0 radical (unpaired) electrons. The third kappa shape index (κ3) is 8.12. The highest BCUT2D eigenvalue weighted by Crippen LogP contribution is 2.15. The Hall–Kier alpha value is -3.35. The quantitative estimate of drug-likeness (QED) is 0.570. The monoisotopic (exact) mass is 426 g/mol. The number of hydrogen-bond donors (Lipinski definition) is 2. The Kier molecular flexibility index (Phi) is 9.06. The summed E-state index contributed by atoms with van der Waals surface area (Å²) in [5.41, 5.74) is 2.61. The summed E-state index contributed by atoms with van der Waals surface area (Å²) in [4.78, 5) is 35.9. The van der Waals surface area contributed by atoms with Crippen molar-refractivity contribution in [3.8, 4) is 5.75 Å². The molecule has 0 aliphatic heterocycles. The van der Waals surface area contributed by atoms with Gasteiger partial charge >= 0.3 is 5.97 Å². The molecule has 0 spiro atoms. The van der Waals surface area contributed by atoms with Gasteiger partial charge in [-0.05, 0) is 54.7 Å². The van der Waals surface area contributed by atoms with Gasteiger partial charge in [-0.1, -0.05) is 38.1 Å². The lowest BCUT2D eigenvalue weighted by molar-refractivity contribution is -0.147. The summed E-state index contributed by atoms with van der Waals surface area (Å²) >= 11 is 0. The Morgan fingerprint density at radius 1 is 0.935 bits per heavy atom. The summed E-state index contributed by atoms with van der Waals surface area (Å²) in [6.07, 6.45) is 1.01. The third-order valence-electron chi connectivity index (χ3n) is 4.61. The maximum absolute atomic E-state index is 12.1. The van der Waals surface area contributed by atoms with Gasteiger partial charge < -0.3 is 20.1 Å². The SMILES string of the molecule is COc1ccc(C(=O)NCC(=O)OCC(=O)N[C@@H](C)c2ccc(CC(C)C)cc2)cc1. The normalized spacial score (nSPS) is 11.5. The van der Waals surface area contributed by atoms with Crippen molar-refractivity contribution in [1.29, 1.82) is 0 Å². The summed E-state index contributed by atoms with van der Waals surface area (Å²) in [7, 11) is 1.53. The fraction of sp³-hybridized carbons (Fsp3) is 0.375. The van der Waals surface area contributed by atoms with Gasteiger partial charge in [-0.15, -0.1) is 0 Å². The largest absolute Gasteiger partial charge is 0.497 e. The number of esters is 1. The van der Waals surface area contributed by atoms with Crippen LogP contribution in [0.3, 0.4) is 0 Å². The fourth-order valence-electron chi connectivity index (χ4n) is 2.97. The fourth-order valence-corrected chi connectivity index (χ4v) is 2.97. The number of hydrogen-bond acceptors (Lipinski definition) is 5. The van der Waals surface area contributed by atoms with E-state index in [4.69, 9.17) is 9.47 Å². The minimum absolute atomic E-state index is 0.214. The van der Waals surface area contributed by atoms with Crippen molar-refractivity contribution in [2.75, 3.05) is 20.3 Å². The number of benzene rings is 2. The molecule has 7 heteroatoms. The topological polar surface area (TPSA) is 93.7 Å². The van der Waals surface area contributed by atoms with Gasteiger partial charge in [0.2, 0.25) is 0 Å². The maximum Gasteiger partial charge on any atom is 0.325 e. The van der Waals surface area contributed by atoms with Gasteiger partial charge in [-0.3, -0.25) is 14.4 Å². The van der Waals surface area contributed by atoms with Crippen molar-refractivity contribution in [3.05, 3.63) is 65.2 Å².